The van der Waals surface area contributed by atoms with Gasteiger partial charge in [0.1, 0.15) is 15.6 Å². The highest BCUT2D eigenvalue weighted by Gasteiger charge is 2.45. The Morgan fingerprint density at radius 3 is 2.18 bits per heavy atom. The summed E-state index contributed by atoms with van der Waals surface area (Å²) in [5.41, 5.74) is 1.13. The highest BCUT2D eigenvalue weighted by molar-refractivity contribution is 8.29. The summed E-state index contributed by atoms with van der Waals surface area (Å²) in [6.07, 6.45) is 3.18. The third-order valence-corrected chi connectivity index (χ3v) is 8.46. The Balaban J connectivity index is 2.28. The molecule has 2 aliphatic heterocycles. The van der Waals surface area contributed by atoms with E-state index in [2.05, 4.69) is 0 Å². The molecule has 0 spiro atoms. The molecule has 180 valence electrons. The number of rotatable bonds is 5. The van der Waals surface area contributed by atoms with Crippen LogP contribution in [0.25, 0.3) is 5.57 Å². The molecule has 0 bridgehead atoms. The monoisotopic (exact) mass is 519 g/mol. The van der Waals surface area contributed by atoms with E-state index in [-0.39, 0.29) is 15.7 Å². The van der Waals surface area contributed by atoms with Crippen LogP contribution in [0, 0.1) is 0 Å². The van der Waals surface area contributed by atoms with Crippen molar-refractivity contribution in [2.45, 2.75) is 33.2 Å². The molecule has 0 atom stereocenters. The number of carbonyl (C=O) groups is 3. The Labute approximate surface area is 212 Å². The zero-order valence-corrected chi connectivity index (χ0v) is 22.2. The number of carbonyl (C=O) groups excluding carboxylic acids is 3. The molecule has 2 aliphatic rings. The zero-order chi connectivity index (χ0) is 25.2. The van der Waals surface area contributed by atoms with E-state index < -0.39 is 17.5 Å². The van der Waals surface area contributed by atoms with Gasteiger partial charge < -0.3 is 14.2 Å². The Morgan fingerprint density at radius 2 is 1.68 bits per heavy atom. The van der Waals surface area contributed by atoms with E-state index in [0.717, 1.165) is 23.5 Å². The van der Waals surface area contributed by atoms with Gasteiger partial charge in [0.25, 0.3) is 5.91 Å². The molecule has 0 aromatic heterocycles. The number of benzene rings is 1. The first-order valence-corrected chi connectivity index (χ1v) is 12.5. The molecule has 3 rings (SSSR count). The SMILES string of the molecule is CC=CC(=O)N1c2ccc(OCC)cc2C(=C2SC(C(=O)OC)=C(C(=O)OC)S2)C(=S)C1(C)C. The maximum Gasteiger partial charge on any atom is 0.346 e. The summed E-state index contributed by atoms with van der Waals surface area (Å²) in [5, 5.41) is 0. The number of esters is 2. The second-order valence-corrected chi connectivity index (χ2v) is 10.4. The molecule has 7 nitrogen and oxygen atoms in total. The van der Waals surface area contributed by atoms with Gasteiger partial charge in [-0.05, 0) is 52.0 Å². The minimum Gasteiger partial charge on any atom is -0.494 e. The number of hydrogen-bond donors (Lipinski definition) is 0. The number of anilines is 1. The van der Waals surface area contributed by atoms with Crippen molar-refractivity contribution in [3.63, 3.8) is 0 Å². The molecule has 1 amide bonds. The molecule has 0 saturated carbocycles. The summed E-state index contributed by atoms with van der Waals surface area (Å²) in [7, 11) is 2.51. The minimum absolute atomic E-state index is 0.136. The zero-order valence-electron chi connectivity index (χ0n) is 19.7. The van der Waals surface area contributed by atoms with Crippen LogP contribution in [0.3, 0.4) is 0 Å². The number of thioether (sulfide) groups is 2. The number of nitrogens with zero attached hydrogens (tertiary/aromatic N) is 1. The molecule has 10 heteroatoms. The standard InChI is InChI=1S/C24H25NO6S3/c1-7-9-16(26)25-15-11-10-13(31-8-2)12-14(15)17(20(32)24(25,3)4)23-33-18(21(27)29-5)19(34-23)22(28)30-6/h7,9-12H,8H2,1-6H3. The van der Waals surface area contributed by atoms with E-state index in [0.29, 0.717) is 38.3 Å². The molecule has 1 aromatic rings. The van der Waals surface area contributed by atoms with E-state index in [1.165, 1.54) is 20.3 Å². The Bertz CT molecular complexity index is 1140. The van der Waals surface area contributed by atoms with Gasteiger partial charge in [-0.3, -0.25) is 9.69 Å². The number of ether oxygens (including phenoxy) is 3. The van der Waals surface area contributed by atoms with Gasteiger partial charge in [-0.1, -0.05) is 41.8 Å². The van der Waals surface area contributed by atoms with Crippen LogP contribution in [0.4, 0.5) is 5.69 Å². The van der Waals surface area contributed by atoms with Crippen molar-refractivity contribution in [3.8, 4) is 5.75 Å². The first-order chi connectivity index (χ1) is 16.1. The molecular formula is C24H25NO6S3. The molecule has 0 unspecified atom stereocenters. The van der Waals surface area contributed by atoms with Crippen LogP contribution in [-0.4, -0.2) is 49.1 Å². The average molecular weight is 520 g/mol. The van der Waals surface area contributed by atoms with Gasteiger partial charge in [0.2, 0.25) is 0 Å². The Morgan fingerprint density at radius 1 is 1.09 bits per heavy atom. The van der Waals surface area contributed by atoms with E-state index in [1.54, 1.807) is 24.0 Å². The van der Waals surface area contributed by atoms with E-state index in [4.69, 9.17) is 26.4 Å². The van der Waals surface area contributed by atoms with Gasteiger partial charge in [-0.25, -0.2) is 9.59 Å². The van der Waals surface area contributed by atoms with Crippen LogP contribution in [0.5, 0.6) is 5.75 Å². The van der Waals surface area contributed by atoms with Crippen molar-refractivity contribution in [3.05, 3.63) is 50.0 Å². The van der Waals surface area contributed by atoms with Crippen molar-refractivity contribution < 1.29 is 28.6 Å². The summed E-state index contributed by atoms with van der Waals surface area (Å²) in [6.45, 7) is 7.87. The van der Waals surface area contributed by atoms with Crippen molar-refractivity contribution in [1.82, 2.24) is 0 Å². The molecular weight excluding hydrogens is 494 g/mol. The van der Waals surface area contributed by atoms with E-state index in [9.17, 15) is 14.4 Å². The van der Waals surface area contributed by atoms with Crippen molar-refractivity contribution >= 4 is 69.7 Å². The number of amides is 1. The highest BCUT2D eigenvalue weighted by Crippen LogP contribution is 2.56. The first-order valence-electron chi connectivity index (χ1n) is 10.4. The molecule has 0 radical (unpaired) electrons. The maximum absolute atomic E-state index is 13.1. The first kappa shape index (κ1) is 26.1. The van der Waals surface area contributed by atoms with Gasteiger partial charge in [0.05, 0.1) is 41.2 Å². The van der Waals surface area contributed by atoms with Crippen molar-refractivity contribution in [2.75, 3.05) is 25.7 Å². The van der Waals surface area contributed by atoms with Crippen molar-refractivity contribution in [2.24, 2.45) is 0 Å². The van der Waals surface area contributed by atoms with Gasteiger partial charge in [-0.15, -0.1) is 0 Å². The summed E-state index contributed by atoms with van der Waals surface area (Å²) in [5.74, 6) is -0.868. The summed E-state index contributed by atoms with van der Waals surface area (Å²) in [6, 6.07) is 5.46. The predicted octanol–water partition coefficient (Wildman–Crippen LogP) is 4.86. The number of methoxy groups -OCH3 is 2. The van der Waals surface area contributed by atoms with Crippen LogP contribution >= 0.6 is 35.7 Å². The average Bonchev–Trinajstić information content (AvgIpc) is 3.24. The quantitative estimate of drug-likeness (QED) is 0.308. The molecule has 2 heterocycles. The minimum atomic E-state index is -0.866. The maximum atomic E-state index is 13.1. The molecule has 1 aromatic carbocycles. The number of allylic oxidation sites excluding steroid dienone is 1. The topological polar surface area (TPSA) is 82.1 Å². The summed E-state index contributed by atoms with van der Waals surface area (Å²) < 4.78 is 16.1. The van der Waals surface area contributed by atoms with Gasteiger partial charge in [0.15, 0.2) is 0 Å². The Kier molecular flexibility index (Phi) is 7.95. The summed E-state index contributed by atoms with van der Waals surface area (Å²) >= 11 is 8.16. The number of hydrogen-bond acceptors (Lipinski definition) is 9. The number of thiocarbonyl (C=S) groups is 1. The normalized spacial score (nSPS) is 17.2. The molecule has 0 N–H and O–H groups in total. The predicted molar refractivity (Wildman–Crippen MR) is 140 cm³/mol. The van der Waals surface area contributed by atoms with Crippen LogP contribution in [0.2, 0.25) is 0 Å². The second kappa shape index (κ2) is 10.4. The van der Waals surface area contributed by atoms with E-state index >= 15 is 0 Å². The fourth-order valence-corrected chi connectivity index (χ4v) is 6.70. The number of fused-ring (bicyclic) bond motifs is 1. The van der Waals surface area contributed by atoms with Gasteiger partial charge in [-0.2, -0.15) is 0 Å². The van der Waals surface area contributed by atoms with Gasteiger partial charge in [0, 0.05) is 11.1 Å². The van der Waals surface area contributed by atoms with Crippen LogP contribution < -0.4 is 9.64 Å². The lowest BCUT2D eigenvalue weighted by Gasteiger charge is -2.45. The molecule has 0 saturated heterocycles. The van der Waals surface area contributed by atoms with Crippen LogP contribution in [0.1, 0.15) is 33.3 Å². The highest BCUT2D eigenvalue weighted by atomic mass is 32.2. The van der Waals surface area contributed by atoms with Crippen LogP contribution in [0.15, 0.2) is 44.4 Å². The van der Waals surface area contributed by atoms with E-state index in [1.807, 2.05) is 32.9 Å². The lowest BCUT2D eigenvalue weighted by molar-refractivity contribution is -0.138. The second-order valence-electron chi connectivity index (χ2n) is 7.68. The van der Waals surface area contributed by atoms with Crippen molar-refractivity contribution in [1.29, 1.82) is 0 Å². The fraction of sp³-hybridized carbons (Fsp3) is 0.333. The summed E-state index contributed by atoms with van der Waals surface area (Å²) in [4.78, 5) is 40.4. The Hall–Kier alpha value is -2.56. The largest absolute Gasteiger partial charge is 0.494 e. The third-order valence-electron chi connectivity index (χ3n) is 5.20. The van der Waals surface area contributed by atoms with Gasteiger partial charge >= 0.3 is 11.9 Å². The fourth-order valence-electron chi connectivity index (χ4n) is 3.67. The lowest BCUT2D eigenvalue weighted by atomic mass is 9.83. The molecule has 0 aliphatic carbocycles. The smallest absolute Gasteiger partial charge is 0.346 e. The third kappa shape index (κ3) is 4.54. The van der Waals surface area contributed by atoms with Crippen LogP contribution in [-0.2, 0) is 23.9 Å². The lowest BCUT2D eigenvalue weighted by Crippen LogP contribution is -2.55. The molecule has 0 fully saturated rings. The molecule has 34 heavy (non-hydrogen) atoms.